The van der Waals surface area contributed by atoms with E-state index < -0.39 is 10.8 Å². The first-order chi connectivity index (χ1) is 5.72. The normalized spacial score (nSPS) is 27.2. The summed E-state index contributed by atoms with van der Waals surface area (Å²) >= 11 is 0. The Hall–Kier alpha value is -0.960. The SMILES string of the molecule is CC1C(=O)c2ccccc2S1=O. The number of ketones is 1. The molecule has 0 spiro atoms. The molecule has 1 heterocycles. The number of benzene rings is 1. The number of hydrogen-bond donors (Lipinski definition) is 0. The molecule has 1 aromatic rings. The van der Waals surface area contributed by atoms with Crippen molar-refractivity contribution in [3.8, 4) is 0 Å². The predicted octanol–water partition coefficient (Wildman–Crippen LogP) is 1.38. The van der Waals surface area contributed by atoms with Gasteiger partial charge in [0.05, 0.1) is 20.9 Å². The largest absolute Gasteiger partial charge is 0.293 e. The standard InChI is InChI=1S/C9H8O2S/c1-6-9(10)7-4-2-3-5-8(7)12(6)11/h2-6H,1H3. The number of carbonyl (C=O) groups excluding carboxylic acids is 1. The molecule has 62 valence electrons. The summed E-state index contributed by atoms with van der Waals surface area (Å²) in [7, 11) is -1.12. The average molecular weight is 180 g/mol. The van der Waals surface area contributed by atoms with E-state index in [1.54, 1.807) is 25.1 Å². The van der Waals surface area contributed by atoms with Crippen LogP contribution >= 0.6 is 0 Å². The van der Waals surface area contributed by atoms with Crippen LogP contribution in [0.5, 0.6) is 0 Å². The van der Waals surface area contributed by atoms with E-state index in [0.717, 1.165) is 0 Å². The highest BCUT2D eigenvalue weighted by Crippen LogP contribution is 2.26. The van der Waals surface area contributed by atoms with Crippen LogP contribution in [0.2, 0.25) is 0 Å². The lowest BCUT2D eigenvalue weighted by atomic mass is 10.1. The van der Waals surface area contributed by atoms with Gasteiger partial charge >= 0.3 is 0 Å². The summed E-state index contributed by atoms with van der Waals surface area (Å²) in [4.78, 5) is 12.1. The molecule has 1 aromatic carbocycles. The van der Waals surface area contributed by atoms with Crippen LogP contribution in [0.3, 0.4) is 0 Å². The van der Waals surface area contributed by atoms with Gasteiger partial charge in [-0.25, -0.2) is 0 Å². The van der Waals surface area contributed by atoms with Crippen molar-refractivity contribution >= 4 is 16.6 Å². The topological polar surface area (TPSA) is 34.1 Å². The van der Waals surface area contributed by atoms with Crippen LogP contribution in [0.25, 0.3) is 0 Å². The van der Waals surface area contributed by atoms with Crippen molar-refractivity contribution in [2.45, 2.75) is 17.1 Å². The fourth-order valence-electron chi connectivity index (χ4n) is 1.35. The second kappa shape index (κ2) is 2.52. The van der Waals surface area contributed by atoms with E-state index in [1.165, 1.54) is 0 Å². The molecule has 2 atom stereocenters. The molecule has 0 fully saturated rings. The Balaban J connectivity index is 2.67. The molecule has 0 bridgehead atoms. The first kappa shape index (κ1) is 7.68. The van der Waals surface area contributed by atoms with Gasteiger partial charge in [0.1, 0.15) is 0 Å². The van der Waals surface area contributed by atoms with Gasteiger partial charge in [-0.15, -0.1) is 0 Å². The Labute approximate surface area is 73.1 Å². The third-order valence-electron chi connectivity index (χ3n) is 2.06. The van der Waals surface area contributed by atoms with Gasteiger partial charge < -0.3 is 0 Å². The minimum absolute atomic E-state index is 0.00364. The summed E-state index contributed by atoms with van der Waals surface area (Å²) in [6.45, 7) is 1.71. The smallest absolute Gasteiger partial charge is 0.179 e. The summed E-state index contributed by atoms with van der Waals surface area (Å²) in [5.74, 6) is 0.00364. The van der Waals surface area contributed by atoms with Crippen LogP contribution in [0.1, 0.15) is 17.3 Å². The first-order valence-corrected chi connectivity index (χ1v) is 4.97. The Kier molecular flexibility index (Phi) is 1.61. The van der Waals surface area contributed by atoms with Gasteiger partial charge in [-0.1, -0.05) is 18.2 Å². The van der Waals surface area contributed by atoms with Gasteiger partial charge in [0.2, 0.25) is 0 Å². The van der Waals surface area contributed by atoms with E-state index in [0.29, 0.717) is 10.5 Å². The predicted molar refractivity (Wildman–Crippen MR) is 46.6 cm³/mol. The molecule has 0 radical (unpaired) electrons. The molecule has 0 amide bonds. The van der Waals surface area contributed by atoms with Gasteiger partial charge in [-0.05, 0) is 13.0 Å². The van der Waals surface area contributed by atoms with Crippen molar-refractivity contribution in [2.24, 2.45) is 0 Å². The number of carbonyl (C=O) groups is 1. The zero-order valence-electron chi connectivity index (χ0n) is 6.61. The molecule has 0 aliphatic carbocycles. The highest BCUT2D eigenvalue weighted by Gasteiger charge is 2.33. The van der Waals surface area contributed by atoms with Gasteiger partial charge in [-0.3, -0.25) is 9.00 Å². The molecule has 0 aromatic heterocycles. The fraction of sp³-hybridized carbons (Fsp3) is 0.222. The van der Waals surface area contributed by atoms with Gasteiger partial charge in [0.25, 0.3) is 0 Å². The number of fused-ring (bicyclic) bond motifs is 1. The molecule has 1 aliphatic heterocycles. The van der Waals surface area contributed by atoms with Crippen LogP contribution in [-0.4, -0.2) is 15.2 Å². The van der Waals surface area contributed by atoms with E-state index in [1.807, 2.05) is 6.07 Å². The maximum absolute atomic E-state index is 11.5. The Morgan fingerprint density at radius 2 is 2.00 bits per heavy atom. The molecule has 0 saturated carbocycles. The maximum atomic E-state index is 11.5. The maximum Gasteiger partial charge on any atom is 0.179 e. The van der Waals surface area contributed by atoms with Crippen LogP contribution in [0, 0.1) is 0 Å². The van der Waals surface area contributed by atoms with E-state index in [4.69, 9.17) is 0 Å². The molecule has 2 rings (SSSR count). The third kappa shape index (κ3) is 0.862. The lowest BCUT2D eigenvalue weighted by Crippen LogP contribution is -2.12. The Bertz CT molecular complexity index is 336. The molecule has 0 saturated heterocycles. The van der Waals surface area contributed by atoms with E-state index in [2.05, 4.69) is 0 Å². The number of hydrogen-bond acceptors (Lipinski definition) is 2. The minimum atomic E-state index is -1.12. The monoisotopic (exact) mass is 180 g/mol. The minimum Gasteiger partial charge on any atom is -0.293 e. The molecular formula is C9H8O2S. The lowest BCUT2D eigenvalue weighted by Gasteiger charge is -1.94. The molecule has 3 heteroatoms. The van der Waals surface area contributed by atoms with Crippen LogP contribution in [0.4, 0.5) is 0 Å². The van der Waals surface area contributed by atoms with E-state index in [-0.39, 0.29) is 11.0 Å². The highest BCUT2D eigenvalue weighted by molar-refractivity contribution is 7.87. The van der Waals surface area contributed by atoms with Crippen molar-refractivity contribution < 1.29 is 9.00 Å². The molecule has 0 N–H and O–H groups in total. The average Bonchev–Trinajstić information content (AvgIpc) is 2.33. The summed E-state index contributed by atoms with van der Waals surface area (Å²) < 4.78 is 11.5. The van der Waals surface area contributed by atoms with E-state index >= 15 is 0 Å². The fourth-order valence-corrected chi connectivity index (χ4v) is 2.65. The highest BCUT2D eigenvalue weighted by atomic mass is 32.2. The van der Waals surface area contributed by atoms with Crippen LogP contribution < -0.4 is 0 Å². The molecule has 12 heavy (non-hydrogen) atoms. The second-order valence-corrected chi connectivity index (χ2v) is 4.54. The molecule has 1 aliphatic rings. The Morgan fingerprint density at radius 1 is 1.33 bits per heavy atom. The first-order valence-electron chi connectivity index (χ1n) is 3.75. The third-order valence-corrected chi connectivity index (χ3v) is 3.71. The quantitative estimate of drug-likeness (QED) is 0.604. The Morgan fingerprint density at radius 3 is 2.67 bits per heavy atom. The summed E-state index contributed by atoms with van der Waals surface area (Å²) in [5.41, 5.74) is 0.628. The molecule has 2 unspecified atom stereocenters. The number of Topliss-reactive ketones (excluding diaryl/α,β-unsaturated/α-hetero) is 1. The van der Waals surface area contributed by atoms with Crippen molar-refractivity contribution in [1.29, 1.82) is 0 Å². The van der Waals surface area contributed by atoms with Crippen molar-refractivity contribution in [3.05, 3.63) is 29.8 Å². The summed E-state index contributed by atoms with van der Waals surface area (Å²) in [5, 5.41) is -0.359. The zero-order valence-corrected chi connectivity index (χ0v) is 7.43. The van der Waals surface area contributed by atoms with Gasteiger partial charge in [0, 0.05) is 5.56 Å². The van der Waals surface area contributed by atoms with Gasteiger partial charge in [0.15, 0.2) is 5.78 Å². The van der Waals surface area contributed by atoms with E-state index in [9.17, 15) is 9.00 Å². The van der Waals surface area contributed by atoms with Crippen molar-refractivity contribution in [1.82, 2.24) is 0 Å². The lowest BCUT2D eigenvalue weighted by molar-refractivity contribution is 0.0995. The van der Waals surface area contributed by atoms with Crippen LogP contribution in [0.15, 0.2) is 29.2 Å². The van der Waals surface area contributed by atoms with Crippen molar-refractivity contribution in [3.63, 3.8) is 0 Å². The summed E-state index contributed by atoms with van der Waals surface area (Å²) in [6.07, 6.45) is 0. The molecule has 2 nitrogen and oxygen atoms in total. The zero-order chi connectivity index (χ0) is 8.72. The molecular weight excluding hydrogens is 172 g/mol. The van der Waals surface area contributed by atoms with Crippen LogP contribution in [-0.2, 0) is 10.8 Å². The van der Waals surface area contributed by atoms with Gasteiger partial charge in [-0.2, -0.15) is 0 Å². The second-order valence-electron chi connectivity index (χ2n) is 2.80. The van der Waals surface area contributed by atoms with Crippen molar-refractivity contribution in [2.75, 3.05) is 0 Å². The summed E-state index contributed by atoms with van der Waals surface area (Å²) in [6, 6.07) is 7.10. The number of rotatable bonds is 0.